The van der Waals surface area contributed by atoms with Gasteiger partial charge in [0.05, 0.1) is 11.3 Å². The van der Waals surface area contributed by atoms with Crippen LogP contribution in [0.25, 0.3) is 0 Å². The van der Waals surface area contributed by atoms with Crippen molar-refractivity contribution in [2.45, 2.75) is 6.92 Å². The number of nitrogens with one attached hydrogen (secondary N) is 1. The summed E-state index contributed by atoms with van der Waals surface area (Å²) >= 11 is 8.35. The Balaban J connectivity index is 2.33. The number of aryl methyl sites for hydroxylation is 1. The molecule has 1 amide bonds. The van der Waals surface area contributed by atoms with Crippen molar-refractivity contribution in [1.29, 1.82) is 0 Å². The van der Waals surface area contributed by atoms with E-state index < -0.39 is 0 Å². The summed E-state index contributed by atoms with van der Waals surface area (Å²) < 4.78 is 0.843. The van der Waals surface area contributed by atoms with E-state index in [4.69, 9.17) is 18.0 Å². The number of carbonyl (C=O) groups excluding carboxylic acids is 1. The zero-order chi connectivity index (χ0) is 14.7. The Labute approximate surface area is 130 Å². The highest BCUT2D eigenvalue weighted by Crippen LogP contribution is 2.22. The van der Waals surface area contributed by atoms with Crippen molar-refractivity contribution in [3.8, 4) is 0 Å². The Bertz CT molecular complexity index is 688. The first kappa shape index (κ1) is 14.6. The van der Waals surface area contributed by atoms with E-state index in [1.165, 1.54) is 0 Å². The molecule has 0 aliphatic heterocycles. The highest BCUT2D eigenvalue weighted by atomic mass is 79.9. The minimum Gasteiger partial charge on any atom is -0.389 e. The van der Waals surface area contributed by atoms with Gasteiger partial charge in [0.1, 0.15) is 4.99 Å². The number of carbonyl (C=O) groups is 1. The molecule has 3 N–H and O–H groups in total. The molecule has 1 aromatic carbocycles. The monoisotopic (exact) mass is 349 g/mol. The first-order valence-corrected chi connectivity index (χ1v) is 7.01. The van der Waals surface area contributed by atoms with Crippen LogP contribution in [-0.4, -0.2) is 15.9 Å². The molecule has 2 rings (SSSR count). The minimum absolute atomic E-state index is 0.226. The van der Waals surface area contributed by atoms with Gasteiger partial charge in [0, 0.05) is 21.9 Å². The van der Waals surface area contributed by atoms with Crippen LogP contribution in [0.15, 0.2) is 41.0 Å². The topological polar surface area (TPSA) is 68.0 Å². The van der Waals surface area contributed by atoms with Crippen molar-refractivity contribution >= 4 is 44.7 Å². The molecule has 0 spiro atoms. The fraction of sp³-hybridized carbons (Fsp3) is 0.0714. The molecule has 102 valence electrons. The lowest BCUT2D eigenvalue weighted by atomic mass is 10.1. The van der Waals surface area contributed by atoms with Gasteiger partial charge in [-0.05, 0) is 37.3 Å². The summed E-state index contributed by atoms with van der Waals surface area (Å²) in [6, 6.07) is 8.78. The number of rotatable bonds is 3. The van der Waals surface area contributed by atoms with E-state index in [0.717, 1.165) is 4.47 Å². The Hall–Kier alpha value is -1.79. The number of halogens is 1. The van der Waals surface area contributed by atoms with Crippen molar-refractivity contribution in [3.05, 3.63) is 57.8 Å². The zero-order valence-corrected chi connectivity index (χ0v) is 13.1. The van der Waals surface area contributed by atoms with Crippen LogP contribution in [0.3, 0.4) is 0 Å². The van der Waals surface area contributed by atoms with E-state index in [9.17, 15) is 4.79 Å². The smallest absolute Gasteiger partial charge is 0.257 e. The fourth-order valence-electron chi connectivity index (χ4n) is 1.74. The van der Waals surface area contributed by atoms with E-state index in [-0.39, 0.29) is 10.9 Å². The van der Waals surface area contributed by atoms with Crippen LogP contribution in [-0.2, 0) is 0 Å². The largest absolute Gasteiger partial charge is 0.389 e. The second-order valence-electron chi connectivity index (χ2n) is 4.14. The molecule has 20 heavy (non-hydrogen) atoms. The molecule has 0 aliphatic carbocycles. The lowest BCUT2D eigenvalue weighted by Gasteiger charge is -2.11. The first-order valence-electron chi connectivity index (χ1n) is 5.81. The predicted molar refractivity (Wildman–Crippen MR) is 87.0 cm³/mol. The average Bonchev–Trinajstić information content (AvgIpc) is 2.41. The second-order valence-corrected chi connectivity index (χ2v) is 5.50. The van der Waals surface area contributed by atoms with E-state index in [0.29, 0.717) is 22.5 Å². The maximum Gasteiger partial charge on any atom is 0.257 e. The number of thiocarbonyl (C=S) groups is 1. The number of aromatic nitrogens is 1. The van der Waals surface area contributed by atoms with Gasteiger partial charge < -0.3 is 11.1 Å². The van der Waals surface area contributed by atoms with Crippen molar-refractivity contribution in [3.63, 3.8) is 0 Å². The van der Waals surface area contributed by atoms with Gasteiger partial charge >= 0.3 is 0 Å². The van der Waals surface area contributed by atoms with E-state index in [1.807, 2.05) is 6.07 Å². The summed E-state index contributed by atoms with van der Waals surface area (Å²) in [5, 5.41) is 2.81. The average molecular weight is 350 g/mol. The molecule has 1 heterocycles. The number of nitrogens with zero attached hydrogens (tertiary/aromatic N) is 1. The van der Waals surface area contributed by atoms with Crippen LogP contribution < -0.4 is 11.1 Å². The number of hydrogen-bond acceptors (Lipinski definition) is 3. The van der Waals surface area contributed by atoms with Crippen LogP contribution in [0.4, 0.5) is 5.69 Å². The van der Waals surface area contributed by atoms with Gasteiger partial charge in [0.2, 0.25) is 0 Å². The van der Waals surface area contributed by atoms with Crippen LogP contribution in [0.2, 0.25) is 0 Å². The van der Waals surface area contributed by atoms with Crippen LogP contribution in [0.1, 0.15) is 21.6 Å². The minimum atomic E-state index is -0.240. The third-order valence-corrected chi connectivity index (χ3v) is 3.46. The molecular formula is C14H12BrN3OS. The van der Waals surface area contributed by atoms with Crippen molar-refractivity contribution < 1.29 is 4.79 Å². The Morgan fingerprint density at radius 1 is 1.35 bits per heavy atom. The predicted octanol–water partition coefficient (Wildman–Crippen LogP) is 3.04. The highest BCUT2D eigenvalue weighted by molar-refractivity contribution is 9.10. The number of amides is 1. The lowest BCUT2D eigenvalue weighted by Crippen LogP contribution is -2.18. The molecular weight excluding hydrogens is 338 g/mol. The molecule has 6 heteroatoms. The maximum atomic E-state index is 12.2. The van der Waals surface area contributed by atoms with Crippen molar-refractivity contribution in [2.24, 2.45) is 5.73 Å². The summed E-state index contributed by atoms with van der Waals surface area (Å²) in [5.41, 5.74) is 8.05. The standard InChI is InChI=1S/C14H12BrN3OS/c1-8-10(3-2-6-17-8)14(19)18-12-5-4-9(15)7-11(12)13(16)20/h2-7H,1H3,(H2,16,20)(H,18,19). The molecule has 0 unspecified atom stereocenters. The molecule has 0 bridgehead atoms. The van der Waals surface area contributed by atoms with Crippen molar-refractivity contribution in [2.75, 3.05) is 5.32 Å². The van der Waals surface area contributed by atoms with Gasteiger partial charge in [-0.1, -0.05) is 28.1 Å². The maximum absolute atomic E-state index is 12.2. The third kappa shape index (κ3) is 3.20. The molecule has 4 nitrogen and oxygen atoms in total. The van der Waals surface area contributed by atoms with Crippen LogP contribution in [0.5, 0.6) is 0 Å². The molecule has 0 saturated heterocycles. The molecule has 2 aromatic rings. The van der Waals surface area contributed by atoms with E-state index >= 15 is 0 Å². The number of nitrogens with two attached hydrogens (primary N) is 1. The molecule has 0 atom stereocenters. The number of benzene rings is 1. The molecule has 0 radical (unpaired) electrons. The first-order chi connectivity index (χ1) is 9.49. The van der Waals surface area contributed by atoms with Crippen LogP contribution >= 0.6 is 28.1 Å². The van der Waals surface area contributed by atoms with Gasteiger partial charge in [0.15, 0.2) is 0 Å². The zero-order valence-electron chi connectivity index (χ0n) is 10.7. The molecule has 0 aliphatic rings. The summed E-state index contributed by atoms with van der Waals surface area (Å²) in [6.45, 7) is 1.78. The quantitative estimate of drug-likeness (QED) is 0.835. The molecule has 0 fully saturated rings. The normalized spacial score (nSPS) is 10.1. The van der Waals surface area contributed by atoms with E-state index in [1.54, 1.807) is 37.4 Å². The highest BCUT2D eigenvalue weighted by Gasteiger charge is 2.13. The summed E-state index contributed by atoms with van der Waals surface area (Å²) in [4.78, 5) is 16.6. The van der Waals surface area contributed by atoms with Gasteiger partial charge in [0.25, 0.3) is 5.91 Å². The van der Waals surface area contributed by atoms with Crippen molar-refractivity contribution in [1.82, 2.24) is 4.98 Å². The molecule has 0 saturated carbocycles. The lowest BCUT2D eigenvalue weighted by molar-refractivity contribution is 0.102. The number of hydrogen-bond donors (Lipinski definition) is 2. The SMILES string of the molecule is Cc1ncccc1C(=O)Nc1ccc(Br)cc1C(N)=S. The summed E-state index contributed by atoms with van der Waals surface area (Å²) in [5.74, 6) is -0.240. The third-order valence-electron chi connectivity index (χ3n) is 2.75. The van der Waals surface area contributed by atoms with Gasteiger partial charge in [-0.3, -0.25) is 9.78 Å². The van der Waals surface area contributed by atoms with E-state index in [2.05, 4.69) is 26.2 Å². The second kappa shape index (κ2) is 6.11. The Kier molecular flexibility index (Phi) is 4.46. The Morgan fingerprint density at radius 2 is 2.10 bits per heavy atom. The van der Waals surface area contributed by atoms with Gasteiger partial charge in [-0.2, -0.15) is 0 Å². The summed E-state index contributed by atoms with van der Waals surface area (Å²) in [7, 11) is 0. The number of anilines is 1. The Morgan fingerprint density at radius 3 is 2.75 bits per heavy atom. The summed E-state index contributed by atoms with van der Waals surface area (Å²) in [6.07, 6.45) is 1.65. The van der Waals surface area contributed by atoms with Gasteiger partial charge in [-0.25, -0.2) is 0 Å². The fourth-order valence-corrected chi connectivity index (χ4v) is 2.27. The van der Waals surface area contributed by atoms with Crippen LogP contribution in [0, 0.1) is 6.92 Å². The number of pyridine rings is 1. The molecule has 1 aromatic heterocycles. The van der Waals surface area contributed by atoms with Gasteiger partial charge in [-0.15, -0.1) is 0 Å².